The highest BCUT2D eigenvalue weighted by Crippen LogP contribution is 1.97. The first-order valence-corrected chi connectivity index (χ1v) is 7.65. The molecule has 8 nitrogen and oxygen atoms in total. The van der Waals surface area contributed by atoms with Crippen LogP contribution in [0.4, 0.5) is 0 Å². The number of carbonyl (C=O) groups excluding carboxylic acids is 2. The Morgan fingerprint density at radius 3 is 2.14 bits per heavy atom. The SMILES string of the molecule is NCCCCCC(=O)NCCOCCOCCOCC(N)=O. The van der Waals surface area contributed by atoms with Crippen LogP contribution >= 0.6 is 0 Å². The maximum atomic E-state index is 11.4. The van der Waals surface area contributed by atoms with Crippen molar-refractivity contribution in [2.75, 3.05) is 52.7 Å². The number of ether oxygens (including phenoxy) is 3. The minimum Gasteiger partial charge on any atom is -0.377 e. The Morgan fingerprint density at radius 1 is 0.864 bits per heavy atom. The van der Waals surface area contributed by atoms with Gasteiger partial charge in [-0.1, -0.05) is 6.42 Å². The van der Waals surface area contributed by atoms with E-state index in [0.29, 0.717) is 52.5 Å². The van der Waals surface area contributed by atoms with E-state index in [1.165, 1.54) is 0 Å². The second-order valence-corrected chi connectivity index (χ2v) is 4.69. The zero-order valence-corrected chi connectivity index (χ0v) is 13.2. The van der Waals surface area contributed by atoms with Crippen molar-refractivity contribution in [2.45, 2.75) is 25.7 Å². The lowest BCUT2D eigenvalue weighted by Crippen LogP contribution is -2.27. The van der Waals surface area contributed by atoms with Crippen molar-refractivity contribution in [1.82, 2.24) is 5.32 Å². The third-order valence-corrected chi connectivity index (χ3v) is 2.66. The minimum absolute atomic E-state index is 0.0449. The Labute approximate surface area is 131 Å². The molecule has 0 aromatic carbocycles. The minimum atomic E-state index is -0.496. The van der Waals surface area contributed by atoms with E-state index in [2.05, 4.69) is 5.32 Å². The maximum absolute atomic E-state index is 11.4. The monoisotopic (exact) mass is 319 g/mol. The van der Waals surface area contributed by atoms with Gasteiger partial charge in [0.15, 0.2) is 0 Å². The summed E-state index contributed by atoms with van der Waals surface area (Å²) in [6, 6.07) is 0. The fraction of sp³-hybridized carbons (Fsp3) is 0.857. The highest BCUT2D eigenvalue weighted by Gasteiger charge is 2.00. The molecule has 0 unspecified atom stereocenters. The summed E-state index contributed by atoms with van der Waals surface area (Å²) in [4.78, 5) is 21.8. The summed E-state index contributed by atoms with van der Waals surface area (Å²) in [6.07, 6.45) is 3.36. The van der Waals surface area contributed by atoms with Gasteiger partial charge in [-0.2, -0.15) is 0 Å². The van der Waals surface area contributed by atoms with Gasteiger partial charge in [0.1, 0.15) is 6.61 Å². The zero-order valence-electron chi connectivity index (χ0n) is 13.2. The Morgan fingerprint density at radius 2 is 1.50 bits per heavy atom. The third kappa shape index (κ3) is 16.8. The van der Waals surface area contributed by atoms with E-state index in [1.54, 1.807) is 0 Å². The van der Waals surface area contributed by atoms with Crippen LogP contribution in [0.15, 0.2) is 0 Å². The fourth-order valence-electron chi connectivity index (χ4n) is 1.57. The van der Waals surface area contributed by atoms with Gasteiger partial charge in [-0.3, -0.25) is 9.59 Å². The average Bonchev–Trinajstić information content (AvgIpc) is 2.49. The largest absolute Gasteiger partial charge is 0.377 e. The molecule has 0 bridgehead atoms. The normalized spacial score (nSPS) is 10.6. The van der Waals surface area contributed by atoms with Crippen LogP contribution in [-0.2, 0) is 23.8 Å². The first kappa shape index (κ1) is 20.8. The predicted octanol–water partition coefficient (Wildman–Crippen LogP) is -0.843. The number of primary amides is 1. The van der Waals surface area contributed by atoms with E-state index >= 15 is 0 Å². The van der Waals surface area contributed by atoms with Crippen molar-refractivity contribution in [3.05, 3.63) is 0 Å². The first-order chi connectivity index (χ1) is 10.7. The van der Waals surface area contributed by atoms with Crippen molar-refractivity contribution >= 4 is 11.8 Å². The molecule has 0 aliphatic heterocycles. The Balaban J connectivity index is 3.13. The summed E-state index contributed by atoms with van der Waals surface area (Å²) in [5.74, 6) is -0.451. The molecule has 0 aromatic rings. The molecule has 130 valence electrons. The van der Waals surface area contributed by atoms with Crippen LogP contribution in [0.5, 0.6) is 0 Å². The van der Waals surface area contributed by atoms with Crippen molar-refractivity contribution in [1.29, 1.82) is 0 Å². The first-order valence-electron chi connectivity index (χ1n) is 7.65. The molecule has 0 saturated heterocycles. The number of rotatable bonds is 16. The molecule has 0 atom stereocenters. The van der Waals surface area contributed by atoms with Crippen LogP contribution in [0.25, 0.3) is 0 Å². The molecule has 22 heavy (non-hydrogen) atoms. The van der Waals surface area contributed by atoms with Crippen LogP contribution < -0.4 is 16.8 Å². The molecule has 0 aliphatic carbocycles. The smallest absolute Gasteiger partial charge is 0.243 e. The van der Waals surface area contributed by atoms with Gasteiger partial charge >= 0.3 is 0 Å². The number of unbranched alkanes of at least 4 members (excludes halogenated alkanes) is 2. The van der Waals surface area contributed by atoms with Gasteiger partial charge in [0, 0.05) is 13.0 Å². The van der Waals surface area contributed by atoms with Crippen LogP contribution in [0, 0.1) is 0 Å². The van der Waals surface area contributed by atoms with Gasteiger partial charge < -0.3 is 31.0 Å². The van der Waals surface area contributed by atoms with Gasteiger partial charge in [0.25, 0.3) is 0 Å². The van der Waals surface area contributed by atoms with Gasteiger partial charge in [-0.15, -0.1) is 0 Å². The van der Waals surface area contributed by atoms with E-state index in [9.17, 15) is 9.59 Å². The topological polar surface area (TPSA) is 126 Å². The summed E-state index contributed by atoms with van der Waals surface area (Å²) < 4.78 is 15.4. The highest BCUT2D eigenvalue weighted by atomic mass is 16.5. The number of amides is 2. The van der Waals surface area contributed by atoms with Gasteiger partial charge in [0.05, 0.1) is 33.0 Å². The molecule has 0 spiro atoms. The Kier molecular flexibility index (Phi) is 15.3. The van der Waals surface area contributed by atoms with E-state index < -0.39 is 5.91 Å². The van der Waals surface area contributed by atoms with E-state index in [0.717, 1.165) is 19.3 Å². The van der Waals surface area contributed by atoms with E-state index in [4.69, 9.17) is 25.7 Å². The molecule has 0 fully saturated rings. The molecule has 0 aliphatic rings. The van der Waals surface area contributed by atoms with Crippen LogP contribution in [-0.4, -0.2) is 64.5 Å². The lowest BCUT2D eigenvalue weighted by Gasteiger charge is -2.07. The molecular weight excluding hydrogens is 290 g/mol. The van der Waals surface area contributed by atoms with Gasteiger partial charge in [-0.25, -0.2) is 0 Å². The quantitative estimate of drug-likeness (QED) is 0.318. The number of hydrogen-bond acceptors (Lipinski definition) is 6. The summed E-state index contributed by atoms with van der Waals surface area (Å²) in [5.41, 5.74) is 10.3. The van der Waals surface area contributed by atoms with Crippen molar-refractivity contribution in [2.24, 2.45) is 11.5 Å². The van der Waals surface area contributed by atoms with Crippen molar-refractivity contribution in [3.8, 4) is 0 Å². The van der Waals surface area contributed by atoms with Crippen LogP contribution in [0.1, 0.15) is 25.7 Å². The number of hydrogen-bond donors (Lipinski definition) is 3. The summed E-state index contributed by atoms with van der Waals surface area (Å²) in [5, 5.41) is 2.79. The molecule has 0 saturated carbocycles. The molecule has 0 aromatic heterocycles. The van der Waals surface area contributed by atoms with Crippen molar-refractivity contribution in [3.63, 3.8) is 0 Å². The molecule has 0 radical (unpaired) electrons. The molecular formula is C14H29N3O5. The second kappa shape index (κ2) is 16.2. The van der Waals surface area contributed by atoms with Gasteiger partial charge in [-0.05, 0) is 19.4 Å². The Bertz CT molecular complexity index is 290. The summed E-state index contributed by atoms with van der Waals surface area (Å²) in [6.45, 7) is 3.13. The molecule has 2 amide bonds. The standard InChI is InChI=1S/C14H29N3O5/c15-5-3-1-2-4-14(19)17-6-7-20-8-9-21-10-11-22-12-13(16)18/h1-12,15H2,(H2,16,18)(H,17,19). The van der Waals surface area contributed by atoms with Gasteiger partial charge in [0.2, 0.25) is 11.8 Å². The second-order valence-electron chi connectivity index (χ2n) is 4.69. The highest BCUT2D eigenvalue weighted by molar-refractivity contribution is 5.75. The number of nitrogens with one attached hydrogen (secondary N) is 1. The molecule has 8 heteroatoms. The number of nitrogens with two attached hydrogens (primary N) is 2. The predicted molar refractivity (Wildman–Crippen MR) is 82.2 cm³/mol. The molecule has 0 heterocycles. The fourth-order valence-corrected chi connectivity index (χ4v) is 1.57. The van der Waals surface area contributed by atoms with Crippen LogP contribution in [0.2, 0.25) is 0 Å². The Hall–Kier alpha value is -1.22. The van der Waals surface area contributed by atoms with E-state index in [1.807, 2.05) is 0 Å². The van der Waals surface area contributed by atoms with Crippen molar-refractivity contribution < 1.29 is 23.8 Å². The summed E-state index contributed by atoms with van der Waals surface area (Å²) in [7, 11) is 0. The van der Waals surface area contributed by atoms with Crippen LogP contribution in [0.3, 0.4) is 0 Å². The third-order valence-electron chi connectivity index (χ3n) is 2.66. The summed E-state index contributed by atoms with van der Waals surface area (Å²) >= 11 is 0. The number of carbonyl (C=O) groups is 2. The zero-order chi connectivity index (χ0) is 16.5. The molecule has 0 rings (SSSR count). The maximum Gasteiger partial charge on any atom is 0.243 e. The lowest BCUT2D eigenvalue weighted by atomic mass is 10.2. The lowest BCUT2D eigenvalue weighted by molar-refractivity contribution is -0.123. The molecule has 5 N–H and O–H groups in total. The van der Waals surface area contributed by atoms with E-state index in [-0.39, 0.29) is 12.5 Å². The average molecular weight is 319 g/mol.